The molecule has 0 unspecified atom stereocenters. The van der Waals surface area contributed by atoms with Gasteiger partial charge in [0.05, 0.1) is 23.2 Å². The highest BCUT2D eigenvalue weighted by atomic mass is 79.9. The van der Waals surface area contributed by atoms with Gasteiger partial charge in [0.1, 0.15) is 6.61 Å². The molecule has 0 aromatic heterocycles. The van der Waals surface area contributed by atoms with Gasteiger partial charge in [-0.05, 0) is 48.4 Å². The van der Waals surface area contributed by atoms with Gasteiger partial charge >= 0.3 is 0 Å². The molecule has 0 N–H and O–H groups in total. The summed E-state index contributed by atoms with van der Waals surface area (Å²) >= 11 is 3.45. The molecule has 0 bridgehead atoms. The molecule has 0 heterocycles. The number of non-ortho nitro benzene ring substituents is 1. The maximum atomic E-state index is 10.8. The minimum Gasteiger partial charge on any atom is -0.490 e. The Morgan fingerprint density at radius 3 is 2.52 bits per heavy atom. The number of nitro groups is 1. The largest absolute Gasteiger partial charge is 0.490 e. The van der Waals surface area contributed by atoms with Crippen molar-refractivity contribution in [1.82, 2.24) is 0 Å². The molecule has 0 spiro atoms. The van der Waals surface area contributed by atoms with Crippen molar-refractivity contribution in [2.75, 3.05) is 13.2 Å². The predicted molar refractivity (Wildman–Crippen MR) is 106 cm³/mol. The first-order chi connectivity index (χ1) is 13.0. The third-order valence-electron chi connectivity index (χ3n) is 3.48. The lowest BCUT2D eigenvalue weighted by atomic mass is 10.0. The number of terminal acetylenes is 1. The van der Waals surface area contributed by atoms with E-state index in [9.17, 15) is 15.4 Å². The van der Waals surface area contributed by atoms with E-state index in [1.54, 1.807) is 18.2 Å². The van der Waals surface area contributed by atoms with Crippen LogP contribution in [0.3, 0.4) is 0 Å². The molecule has 0 aliphatic heterocycles. The smallest absolute Gasteiger partial charge is 0.269 e. The first kappa shape index (κ1) is 20.0. The molecule has 0 aliphatic carbocycles. The van der Waals surface area contributed by atoms with Gasteiger partial charge in [-0.25, -0.2) is 0 Å². The second-order valence-corrected chi connectivity index (χ2v) is 6.07. The lowest BCUT2D eigenvalue weighted by Crippen LogP contribution is -2.00. The van der Waals surface area contributed by atoms with E-state index in [1.807, 2.05) is 6.92 Å². The molecule has 6 nitrogen and oxygen atoms in total. The monoisotopic (exact) mass is 426 g/mol. The van der Waals surface area contributed by atoms with Gasteiger partial charge in [-0.15, -0.1) is 6.42 Å². The number of nitrogens with zero attached hydrogens (tertiary/aromatic N) is 2. The summed E-state index contributed by atoms with van der Waals surface area (Å²) in [6, 6.07) is 11.4. The molecular weight excluding hydrogens is 412 g/mol. The van der Waals surface area contributed by atoms with Crippen LogP contribution < -0.4 is 9.47 Å². The average Bonchev–Trinajstić information content (AvgIpc) is 2.67. The number of allylic oxidation sites excluding steroid dienone is 1. The molecular formula is C20H15BrN2O4. The van der Waals surface area contributed by atoms with Crippen molar-refractivity contribution in [3.63, 3.8) is 0 Å². The minimum atomic E-state index is -0.487. The Kier molecular flexibility index (Phi) is 6.99. The molecule has 0 amide bonds. The molecule has 2 aromatic carbocycles. The Morgan fingerprint density at radius 2 is 1.96 bits per heavy atom. The van der Waals surface area contributed by atoms with Crippen LogP contribution in [0.15, 0.2) is 40.9 Å². The third kappa shape index (κ3) is 5.10. The number of benzene rings is 2. The zero-order chi connectivity index (χ0) is 19.8. The molecule has 27 heavy (non-hydrogen) atoms. The second kappa shape index (κ2) is 9.42. The molecule has 136 valence electrons. The van der Waals surface area contributed by atoms with E-state index < -0.39 is 4.92 Å². The van der Waals surface area contributed by atoms with Crippen LogP contribution in [-0.2, 0) is 0 Å². The first-order valence-electron chi connectivity index (χ1n) is 7.89. The van der Waals surface area contributed by atoms with E-state index in [2.05, 4.69) is 27.9 Å². The van der Waals surface area contributed by atoms with Crippen LogP contribution in [0.5, 0.6) is 11.5 Å². The summed E-state index contributed by atoms with van der Waals surface area (Å²) in [6.45, 7) is 2.39. The van der Waals surface area contributed by atoms with Gasteiger partial charge in [0.25, 0.3) is 5.69 Å². The van der Waals surface area contributed by atoms with Crippen LogP contribution in [-0.4, -0.2) is 18.1 Å². The number of hydrogen-bond acceptors (Lipinski definition) is 5. The summed E-state index contributed by atoms with van der Waals surface area (Å²) in [6.07, 6.45) is 6.90. The zero-order valence-electron chi connectivity index (χ0n) is 14.4. The van der Waals surface area contributed by atoms with Gasteiger partial charge in [0.15, 0.2) is 11.5 Å². The first-order valence-corrected chi connectivity index (χ1v) is 8.68. The van der Waals surface area contributed by atoms with Crippen molar-refractivity contribution in [2.24, 2.45) is 0 Å². The van der Waals surface area contributed by atoms with Crippen molar-refractivity contribution < 1.29 is 14.4 Å². The number of nitro benzene ring substituents is 1. The van der Waals surface area contributed by atoms with Crippen molar-refractivity contribution >= 4 is 33.3 Å². The van der Waals surface area contributed by atoms with E-state index in [-0.39, 0.29) is 12.3 Å². The van der Waals surface area contributed by atoms with Gasteiger partial charge in [-0.3, -0.25) is 10.1 Å². The number of hydrogen-bond donors (Lipinski definition) is 0. The zero-order valence-corrected chi connectivity index (χ0v) is 16.0. The highest BCUT2D eigenvalue weighted by Crippen LogP contribution is 2.35. The van der Waals surface area contributed by atoms with Crippen LogP contribution in [0.2, 0.25) is 0 Å². The summed E-state index contributed by atoms with van der Waals surface area (Å²) in [7, 11) is 0. The lowest BCUT2D eigenvalue weighted by molar-refractivity contribution is -0.384. The van der Waals surface area contributed by atoms with Crippen LogP contribution in [0.4, 0.5) is 5.69 Å². The van der Waals surface area contributed by atoms with Crippen molar-refractivity contribution in [3.05, 3.63) is 62.1 Å². The predicted octanol–water partition coefficient (Wildman–Crippen LogP) is 4.83. The summed E-state index contributed by atoms with van der Waals surface area (Å²) in [5.74, 6) is 3.40. The van der Waals surface area contributed by atoms with E-state index in [1.165, 1.54) is 24.3 Å². The number of nitriles is 1. The van der Waals surface area contributed by atoms with E-state index in [4.69, 9.17) is 15.9 Å². The molecule has 0 fully saturated rings. The lowest BCUT2D eigenvalue weighted by Gasteiger charge is -2.13. The molecule has 0 saturated heterocycles. The molecule has 0 radical (unpaired) electrons. The molecule has 2 rings (SSSR count). The molecule has 0 saturated carbocycles. The van der Waals surface area contributed by atoms with Crippen LogP contribution in [0.1, 0.15) is 18.1 Å². The highest BCUT2D eigenvalue weighted by Gasteiger charge is 2.12. The van der Waals surface area contributed by atoms with E-state index in [0.29, 0.717) is 39.3 Å². The topological polar surface area (TPSA) is 85.4 Å². The van der Waals surface area contributed by atoms with Gasteiger partial charge in [-0.2, -0.15) is 5.26 Å². The summed E-state index contributed by atoms with van der Waals surface area (Å²) < 4.78 is 11.8. The Morgan fingerprint density at radius 1 is 1.30 bits per heavy atom. The maximum Gasteiger partial charge on any atom is 0.269 e. The fourth-order valence-corrected chi connectivity index (χ4v) is 2.70. The molecule has 0 atom stereocenters. The quantitative estimate of drug-likeness (QED) is 0.208. The third-order valence-corrected chi connectivity index (χ3v) is 4.17. The molecule has 0 aliphatic rings. The second-order valence-electron chi connectivity index (χ2n) is 5.22. The molecule has 7 heteroatoms. The molecule has 2 aromatic rings. The van der Waals surface area contributed by atoms with Crippen molar-refractivity contribution in [1.29, 1.82) is 5.26 Å². The maximum absolute atomic E-state index is 10.8. The van der Waals surface area contributed by atoms with Crippen molar-refractivity contribution in [2.45, 2.75) is 6.92 Å². The van der Waals surface area contributed by atoms with Crippen molar-refractivity contribution in [3.8, 4) is 29.9 Å². The fourth-order valence-electron chi connectivity index (χ4n) is 2.26. The Labute approximate surface area is 165 Å². The summed E-state index contributed by atoms with van der Waals surface area (Å²) in [4.78, 5) is 10.3. The van der Waals surface area contributed by atoms with Crippen LogP contribution in [0.25, 0.3) is 11.6 Å². The average molecular weight is 427 g/mol. The normalized spacial score (nSPS) is 10.6. The van der Waals surface area contributed by atoms with Gasteiger partial charge in [-0.1, -0.05) is 21.9 Å². The highest BCUT2D eigenvalue weighted by molar-refractivity contribution is 9.10. The van der Waals surface area contributed by atoms with E-state index >= 15 is 0 Å². The minimum absolute atomic E-state index is 0.0362. The number of ether oxygens (including phenoxy) is 2. The number of rotatable bonds is 7. The van der Waals surface area contributed by atoms with Crippen LogP contribution >= 0.6 is 15.9 Å². The SMILES string of the molecule is C#CCOc1cc(Br)c(/C=C(\C#N)c2ccc([N+](=O)[O-])cc2)cc1OCC. The Bertz CT molecular complexity index is 954. The standard InChI is InChI=1S/C20H15BrN2O4/c1-3-9-27-20-12-18(21)15(11-19(20)26-4-2)10-16(13-22)14-5-7-17(8-6-14)23(24)25/h1,5-8,10-12H,4,9H2,2H3/b16-10+. The van der Waals surface area contributed by atoms with Crippen LogP contribution in [0, 0.1) is 33.8 Å². The Balaban J connectivity index is 2.45. The van der Waals surface area contributed by atoms with Gasteiger partial charge in [0, 0.05) is 16.6 Å². The van der Waals surface area contributed by atoms with Gasteiger partial charge < -0.3 is 9.47 Å². The van der Waals surface area contributed by atoms with Gasteiger partial charge in [0.2, 0.25) is 0 Å². The number of halogens is 1. The Hall–Kier alpha value is -3.29. The summed E-state index contributed by atoms with van der Waals surface area (Å²) in [5.41, 5.74) is 1.58. The van der Waals surface area contributed by atoms with E-state index in [0.717, 1.165) is 0 Å². The summed E-state index contributed by atoms with van der Waals surface area (Å²) in [5, 5.41) is 20.3. The fraction of sp³-hybridized carbons (Fsp3) is 0.150.